The van der Waals surface area contributed by atoms with E-state index in [1.165, 1.54) is 18.9 Å². The Kier molecular flexibility index (Phi) is 8.09. The number of carbonyl (C=O) groups is 1. The standard InChI is InChI=1S/C29H27ClN4O4S/c1-18-25(27(35)37-3)26(20-13-14-23(24(15-20)36-2)38-16-19-9-5-4-6-10-19)34-28(31-18)32-29(33-34)39-17-21-11-7-8-12-22(21)30/h4-15,26H,16-17H2,1-3H3,(H,31,32,33). The summed E-state index contributed by atoms with van der Waals surface area (Å²) < 4.78 is 18.6. The number of nitrogens with one attached hydrogen (secondary N) is 1. The molecule has 0 aliphatic carbocycles. The van der Waals surface area contributed by atoms with E-state index in [4.69, 9.17) is 30.9 Å². The highest BCUT2D eigenvalue weighted by molar-refractivity contribution is 7.98. The van der Waals surface area contributed by atoms with E-state index in [2.05, 4.69) is 10.3 Å². The Morgan fingerprint density at radius 3 is 2.56 bits per heavy atom. The van der Waals surface area contributed by atoms with E-state index >= 15 is 0 Å². The fraction of sp³-hybridized carbons (Fsp3) is 0.207. The van der Waals surface area contributed by atoms with E-state index in [0.29, 0.717) is 51.3 Å². The van der Waals surface area contributed by atoms with Crippen LogP contribution in [0.3, 0.4) is 0 Å². The number of thioether (sulfide) groups is 1. The number of benzene rings is 3. The quantitative estimate of drug-likeness (QED) is 0.188. The molecule has 2 heterocycles. The number of anilines is 1. The van der Waals surface area contributed by atoms with Gasteiger partial charge in [0.1, 0.15) is 12.6 Å². The summed E-state index contributed by atoms with van der Waals surface area (Å²) in [6.07, 6.45) is 0. The maximum atomic E-state index is 12.9. The number of aromatic nitrogens is 3. The predicted molar refractivity (Wildman–Crippen MR) is 151 cm³/mol. The van der Waals surface area contributed by atoms with Gasteiger partial charge in [-0.2, -0.15) is 4.98 Å². The summed E-state index contributed by atoms with van der Waals surface area (Å²) in [4.78, 5) is 17.6. The molecule has 3 aromatic carbocycles. The molecule has 10 heteroatoms. The van der Waals surface area contributed by atoms with E-state index < -0.39 is 12.0 Å². The molecule has 1 aliphatic rings. The van der Waals surface area contributed by atoms with Crippen LogP contribution in [-0.4, -0.2) is 35.0 Å². The average Bonchev–Trinajstić information content (AvgIpc) is 3.37. The second-order valence-electron chi connectivity index (χ2n) is 8.79. The fourth-order valence-electron chi connectivity index (χ4n) is 4.34. The molecule has 0 spiro atoms. The number of hydrogen-bond donors (Lipinski definition) is 1. The van der Waals surface area contributed by atoms with Crippen LogP contribution < -0.4 is 14.8 Å². The van der Waals surface area contributed by atoms with Gasteiger partial charge in [-0.05, 0) is 41.8 Å². The molecule has 4 aromatic rings. The van der Waals surface area contributed by atoms with Crippen molar-refractivity contribution in [3.63, 3.8) is 0 Å². The maximum absolute atomic E-state index is 12.9. The van der Waals surface area contributed by atoms with Gasteiger partial charge in [-0.25, -0.2) is 9.48 Å². The van der Waals surface area contributed by atoms with Crippen LogP contribution in [0.1, 0.15) is 29.7 Å². The molecule has 0 amide bonds. The number of fused-ring (bicyclic) bond motifs is 1. The van der Waals surface area contributed by atoms with Gasteiger partial charge in [0.15, 0.2) is 11.5 Å². The maximum Gasteiger partial charge on any atom is 0.338 e. The number of allylic oxidation sites excluding steroid dienone is 1. The van der Waals surface area contributed by atoms with Gasteiger partial charge in [0.05, 0.1) is 19.8 Å². The van der Waals surface area contributed by atoms with Crippen molar-refractivity contribution in [3.05, 3.63) is 106 Å². The van der Waals surface area contributed by atoms with E-state index in [1.54, 1.807) is 11.8 Å². The normalized spacial score (nSPS) is 14.4. The minimum absolute atomic E-state index is 0.398. The molecular formula is C29H27ClN4O4S. The number of methoxy groups -OCH3 is 2. The summed E-state index contributed by atoms with van der Waals surface area (Å²) >= 11 is 7.79. The molecule has 1 atom stereocenters. The van der Waals surface area contributed by atoms with Crippen LogP contribution in [0.5, 0.6) is 11.5 Å². The first kappa shape index (κ1) is 26.6. The zero-order chi connectivity index (χ0) is 27.4. The number of carbonyl (C=O) groups excluding carboxylic acids is 1. The Bertz CT molecular complexity index is 1520. The van der Waals surface area contributed by atoms with Crippen molar-refractivity contribution in [3.8, 4) is 11.5 Å². The average molecular weight is 563 g/mol. The molecule has 1 aliphatic heterocycles. The second kappa shape index (κ2) is 11.8. The molecule has 0 radical (unpaired) electrons. The van der Waals surface area contributed by atoms with E-state index in [9.17, 15) is 4.79 Å². The molecule has 5 rings (SSSR count). The number of halogens is 1. The lowest BCUT2D eigenvalue weighted by atomic mass is 9.95. The van der Waals surface area contributed by atoms with Crippen molar-refractivity contribution in [2.75, 3.05) is 19.5 Å². The van der Waals surface area contributed by atoms with Crippen molar-refractivity contribution >= 4 is 35.3 Å². The Labute approximate surface area is 235 Å². The largest absolute Gasteiger partial charge is 0.493 e. The number of esters is 1. The van der Waals surface area contributed by atoms with Crippen molar-refractivity contribution in [2.24, 2.45) is 0 Å². The molecule has 0 saturated heterocycles. The smallest absolute Gasteiger partial charge is 0.338 e. The van der Waals surface area contributed by atoms with Crippen molar-refractivity contribution in [1.82, 2.24) is 14.8 Å². The summed E-state index contributed by atoms with van der Waals surface area (Å²) in [7, 11) is 2.95. The second-order valence-corrected chi connectivity index (χ2v) is 10.1. The van der Waals surface area contributed by atoms with E-state index in [-0.39, 0.29) is 0 Å². The number of hydrogen-bond acceptors (Lipinski definition) is 8. The van der Waals surface area contributed by atoms with Crippen molar-refractivity contribution < 1.29 is 19.0 Å². The van der Waals surface area contributed by atoms with Crippen LogP contribution in [0.25, 0.3) is 0 Å². The first-order chi connectivity index (χ1) is 19.0. The Balaban J connectivity index is 1.47. The van der Waals surface area contributed by atoms with Crippen LogP contribution in [0.2, 0.25) is 5.02 Å². The highest BCUT2D eigenvalue weighted by Gasteiger charge is 2.35. The summed E-state index contributed by atoms with van der Waals surface area (Å²) in [6, 6.07) is 22.6. The third kappa shape index (κ3) is 5.74. The van der Waals surface area contributed by atoms with Crippen LogP contribution in [-0.2, 0) is 21.9 Å². The van der Waals surface area contributed by atoms with E-state index in [0.717, 1.165) is 16.7 Å². The van der Waals surface area contributed by atoms with Gasteiger partial charge in [-0.1, -0.05) is 78.0 Å². The summed E-state index contributed by atoms with van der Waals surface area (Å²) in [5.74, 6) is 1.80. The first-order valence-corrected chi connectivity index (χ1v) is 13.6. The Morgan fingerprint density at radius 1 is 1.05 bits per heavy atom. The number of nitrogens with zero attached hydrogens (tertiary/aromatic N) is 3. The summed E-state index contributed by atoms with van der Waals surface area (Å²) in [5.41, 5.74) is 3.87. The Morgan fingerprint density at radius 2 is 1.82 bits per heavy atom. The molecule has 1 aromatic heterocycles. The minimum atomic E-state index is -0.590. The molecule has 0 saturated carbocycles. The van der Waals surface area contributed by atoms with Crippen molar-refractivity contribution in [2.45, 2.75) is 30.5 Å². The minimum Gasteiger partial charge on any atom is -0.493 e. The zero-order valence-electron chi connectivity index (χ0n) is 21.7. The molecule has 8 nitrogen and oxygen atoms in total. The Hall–Kier alpha value is -3.95. The van der Waals surface area contributed by atoms with Crippen LogP contribution in [0.4, 0.5) is 5.95 Å². The van der Waals surface area contributed by atoms with Crippen LogP contribution in [0.15, 0.2) is 89.2 Å². The lowest BCUT2D eigenvalue weighted by Crippen LogP contribution is -2.29. The van der Waals surface area contributed by atoms with Gasteiger partial charge in [0, 0.05) is 16.5 Å². The molecule has 1 unspecified atom stereocenters. The molecule has 1 N–H and O–H groups in total. The zero-order valence-corrected chi connectivity index (χ0v) is 23.3. The van der Waals surface area contributed by atoms with Gasteiger partial charge < -0.3 is 19.5 Å². The molecule has 200 valence electrons. The van der Waals surface area contributed by atoms with E-state index in [1.807, 2.05) is 79.7 Å². The predicted octanol–water partition coefficient (Wildman–Crippen LogP) is 6.27. The highest BCUT2D eigenvalue weighted by Crippen LogP contribution is 2.40. The highest BCUT2D eigenvalue weighted by atomic mass is 35.5. The van der Waals surface area contributed by atoms with Gasteiger partial charge >= 0.3 is 5.97 Å². The molecule has 0 fully saturated rings. The first-order valence-electron chi connectivity index (χ1n) is 12.2. The third-order valence-electron chi connectivity index (χ3n) is 6.29. The van der Waals surface area contributed by atoms with Gasteiger partial charge in [0.2, 0.25) is 11.1 Å². The third-order valence-corrected chi connectivity index (χ3v) is 7.55. The number of rotatable bonds is 9. The van der Waals surface area contributed by atoms with Gasteiger partial charge in [-0.15, -0.1) is 5.10 Å². The summed E-state index contributed by atoms with van der Waals surface area (Å²) in [5, 5.41) is 9.21. The van der Waals surface area contributed by atoms with Gasteiger partial charge in [-0.3, -0.25) is 0 Å². The van der Waals surface area contributed by atoms with Crippen LogP contribution >= 0.6 is 23.4 Å². The SMILES string of the molecule is COC(=O)C1=C(C)Nc2nc(SCc3ccccc3Cl)nn2C1c1ccc(OCc2ccccc2)c(OC)c1. The van der Waals surface area contributed by atoms with Crippen molar-refractivity contribution in [1.29, 1.82) is 0 Å². The lowest BCUT2D eigenvalue weighted by molar-refractivity contribution is -0.136. The number of ether oxygens (including phenoxy) is 3. The molecular weight excluding hydrogens is 536 g/mol. The molecule has 39 heavy (non-hydrogen) atoms. The van der Waals surface area contributed by atoms with Crippen LogP contribution in [0, 0.1) is 0 Å². The van der Waals surface area contributed by atoms with Gasteiger partial charge in [0.25, 0.3) is 0 Å². The topological polar surface area (TPSA) is 87.5 Å². The fourth-order valence-corrected chi connectivity index (χ4v) is 5.46. The summed E-state index contributed by atoms with van der Waals surface area (Å²) in [6.45, 7) is 2.22. The molecule has 0 bridgehead atoms. The lowest BCUT2D eigenvalue weighted by Gasteiger charge is -2.28. The monoisotopic (exact) mass is 562 g/mol.